The fourth-order valence-electron chi connectivity index (χ4n) is 1.53. The molecule has 0 aliphatic rings. The smallest absolute Gasteiger partial charge is 0.262 e. The van der Waals surface area contributed by atoms with E-state index in [0.29, 0.717) is 12.2 Å². The van der Waals surface area contributed by atoms with Crippen LogP contribution in [0, 0.1) is 6.92 Å². The number of hydrogen-bond acceptors (Lipinski definition) is 4. The molecule has 0 atom stereocenters. The number of rotatable bonds is 4. The molecule has 19 heavy (non-hydrogen) atoms. The van der Waals surface area contributed by atoms with Gasteiger partial charge in [0.2, 0.25) is 0 Å². The molecule has 0 aliphatic heterocycles. The standard InChI is InChI=1S/C12H13BrN2O2S2/c1-8-4-9(2-3-12(8)13)15-19(16,17)11-5-10(6-14)18-7-11/h2-5,7,15H,6,14H2,1H3. The zero-order valence-corrected chi connectivity index (χ0v) is 13.4. The number of nitrogens with one attached hydrogen (secondary N) is 1. The monoisotopic (exact) mass is 360 g/mol. The second-order valence-corrected chi connectivity index (χ2v) is 7.55. The van der Waals surface area contributed by atoms with E-state index in [-0.39, 0.29) is 4.90 Å². The van der Waals surface area contributed by atoms with Gasteiger partial charge in [-0.3, -0.25) is 4.72 Å². The molecule has 0 bridgehead atoms. The summed E-state index contributed by atoms with van der Waals surface area (Å²) in [5.41, 5.74) is 6.99. The summed E-state index contributed by atoms with van der Waals surface area (Å²) in [6, 6.07) is 6.90. The molecular formula is C12H13BrN2O2S2. The molecule has 0 amide bonds. The van der Waals surface area contributed by atoms with Gasteiger partial charge in [0, 0.05) is 27.0 Å². The Bertz CT molecular complexity index is 696. The van der Waals surface area contributed by atoms with Crippen LogP contribution in [0.25, 0.3) is 0 Å². The summed E-state index contributed by atoms with van der Waals surface area (Å²) >= 11 is 4.72. The molecular weight excluding hydrogens is 348 g/mol. The van der Waals surface area contributed by atoms with Crippen LogP contribution in [0.4, 0.5) is 5.69 Å². The molecule has 0 radical (unpaired) electrons. The van der Waals surface area contributed by atoms with Crippen LogP contribution in [0.3, 0.4) is 0 Å². The summed E-state index contributed by atoms with van der Waals surface area (Å²) in [4.78, 5) is 1.09. The van der Waals surface area contributed by atoms with E-state index < -0.39 is 10.0 Å². The topological polar surface area (TPSA) is 72.2 Å². The minimum atomic E-state index is -3.54. The zero-order valence-electron chi connectivity index (χ0n) is 10.2. The Hall–Kier alpha value is -0.890. The molecule has 4 nitrogen and oxygen atoms in total. The molecule has 2 aromatic rings. The van der Waals surface area contributed by atoms with Crippen molar-refractivity contribution in [1.82, 2.24) is 0 Å². The van der Waals surface area contributed by atoms with Gasteiger partial charge in [0.15, 0.2) is 0 Å². The van der Waals surface area contributed by atoms with Crippen molar-refractivity contribution in [1.29, 1.82) is 0 Å². The average Bonchev–Trinajstić information content (AvgIpc) is 2.83. The van der Waals surface area contributed by atoms with E-state index in [1.165, 1.54) is 11.3 Å². The van der Waals surface area contributed by atoms with Gasteiger partial charge in [0.25, 0.3) is 10.0 Å². The number of anilines is 1. The number of sulfonamides is 1. The second kappa shape index (κ2) is 5.62. The molecule has 2 rings (SSSR count). The van der Waals surface area contributed by atoms with Crippen molar-refractivity contribution in [3.05, 3.63) is 44.6 Å². The van der Waals surface area contributed by atoms with Crippen LogP contribution >= 0.6 is 27.3 Å². The summed E-state index contributed by atoms with van der Waals surface area (Å²) < 4.78 is 27.8. The molecule has 0 unspecified atom stereocenters. The van der Waals surface area contributed by atoms with Gasteiger partial charge >= 0.3 is 0 Å². The van der Waals surface area contributed by atoms with E-state index >= 15 is 0 Å². The molecule has 1 aromatic heterocycles. The molecule has 1 aromatic carbocycles. The summed E-state index contributed by atoms with van der Waals surface area (Å²) in [5.74, 6) is 0. The summed E-state index contributed by atoms with van der Waals surface area (Å²) in [6.45, 7) is 2.25. The number of halogens is 1. The van der Waals surface area contributed by atoms with Gasteiger partial charge in [-0.2, -0.15) is 0 Å². The van der Waals surface area contributed by atoms with Crippen molar-refractivity contribution < 1.29 is 8.42 Å². The predicted octanol–water partition coefficient (Wildman–Crippen LogP) is 3.08. The fraction of sp³-hybridized carbons (Fsp3) is 0.167. The van der Waals surface area contributed by atoms with Gasteiger partial charge < -0.3 is 5.73 Å². The molecule has 1 heterocycles. The first-order valence-electron chi connectivity index (χ1n) is 5.49. The normalized spacial score (nSPS) is 11.5. The second-order valence-electron chi connectivity index (χ2n) is 4.02. The van der Waals surface area contributed by atoms with Crippen molar-refractivity contribution in [2.24, 2.45) is 5.73 Å². The summed E-state index contributed by atoms with van der Waals surface area (Å²) in [6.07, 6.45) is 0. The lowest BCUT2D eigenvalue weighted by atomic mass is 10.2. The van der Waals surface area contributed by atoms with Gasteiger partial charge in [0.05, 0.1) is 4.90 Å². The highest BCUT2D eigenvalue weighted by atomic mass is 79.9. The first-order chi connectivity index (χ1) is 8.92. The number of hydrogen-bond donors (Lipinski definition) is 2. The van der Waals surface area contributed by atoms with Crippen LogP contribution in [0.1, 0.15) is 10.4 Å². The third kappa shape index (κ3) is 3.36. The Morgan fingerprint density at radius 2 is 2.11 bits per heavy atom. The Kier molecular flexibility index (Phi) is 4.29. The first kappa shape index (κ1) is 14.5. The van der Waals surface area contributed by atoms with Gasteiger partial charge in [-0.15, -0.1) is 11.3 Å². The molecule has 102 valence electrons. The largest absolute Gasteiger partial charge is 0.326 e. The Morgan fingerprint density at radius 1 is 1.37 bits per heavy atom. The minimum absolute atomic E-state index is 0.249. The highest BCUT2D eigenvalue weighted by Gasteiger charge is 2.16. The fourth-order valence-corrected chi connectivity index (χ4v) is 3.98. The maximum Gasteiger partial charge on any atom is 0.262 e. The van der Waals surface area contributed by atoms with E-state index in [0.717, 1.165) is 14.9 Å². The van der Waals surface area contributed by atoms with Crippen molar-refractivity contribution in [3.8, 4) is 0 Å². The lowest BCUT2D eigenvalue weighted by Crippen LogP contribution is -2.12. The van der Waals surface area contributed by atoms with Crippen LogP contribution in [0.2, 0.25) is 0 Å². The maximum atomic E-state index is 12.2. The number of thiophene rings is 1. The molecule has 7 heteroatoms. The lowest BCUT2D eigenvalue weighted by molar-refractivity contribution is 0.601. The Labute approximate surface area is 124 Å². The Balaban J connectivity index is 2.28. The maximum absolute atomic E-state index is 12.2. The summed E-state index contributed by atoms with van der Waals surface area (Å²) in [5, 5.41) is 1.59. The van der Waals surface area contributed by atoms with Crippen molar-refractivity contribution in [2.45, 2.75) is 18.4 Å². The van der Waals surface area contributed by atoms with Gasteiger partial charge in [-0.05, 0) is 36.8 Å². The summed E-state index contributed by atoms with van der Waals surface area (Å²) in [7, 11) is -3.54. The predicted molar refractivity (Wildman–Crippen MR) is 81.9 cm³/mol. The Morgan fingerprint density at radius 3 is 2.68 bits per heavy atom. The van der Waals surface area contributed by atoms with E-state index in [1.807, 2.05) is 13.0 Å². The van der Waals surface area contributed by atoms with E-state index in [9.17, 15) is 8.42 Å². The molecule has 3 N–H and O–H groups in total. The highest BCUT2D eigenvalue weighted by molar-refractivity contribution is 9.10. The van der Waals surface area contributed by atoms with Gasteiger partial charge in [-0.25, -0.2) is 8.42 Å². The third-order valence-electron chi connectivity index (χ3n) is 2.55. The minimum Gasteiger partial charge on any atom is -0.326 e. The zero-order chi connectivity index (χ0) is 14.0. The highest BCUT2D eigenvalue weighted by Crippen LogP contribution is 2.24. The number of aryl methyl sites for hydroxylation is 1. The molecule has 0 saturated heterocycles. The molecule has 0 spiro atoms. The van der Waals surface area contributed by atoms with E-state index in [1.54, 1.807) is 23.6 Å². The average molecular weight is 361 g/mol. The molecule has 0 aliphatic carbocycles. The third-order valence-corrected chi connectivity index (χ3v) is 5.91. The SMILES string of the molecule is Cc1cc(NS(=O)(=O)c2csc(CN)c2)ccc1Br. The quantitative estimate of drug-likeness (QED) is 0.879. The van der Waals surface area contributed by atoms with Crippen molar-refractivity contribution in [2.75, 3.05) is 4.72 Å². The van der Waals surface area contributed by atoms with E-state index in [2.05, 4.69) is 20.7 Å². The number of benzene rings is 1. The van der Waals surface area contributed by atoms with Crippen LogP contribution < -0.4 is 10.5 Å². The molecule has 0 saturated carbocycles. The van der Waals surface area contributed by atoms with E-state index in [4.69, 9.17) is 5.73 Å². The van der Waals surface area contributed by atoms with Crippen molar-refractivity contribution in [3.63, 3.8) is 0 Å². The van der Waals surface area contributed by atoms with Crippen LogP contribution in [-0.4, -0.2) is 8.42 Å². The van der Waals surface area contributed by atoms with Crippen LogP contribution in [0.15, 0.2) is 39.0 Å². The van der Waals surface area contributed by atoms with Gasteiger partial charge in [-0.1, -0.05) is 15.9 Å². The van der Waals surface area contributed by atoms with Crippen LogP contribution in [0.5, 0.6) is 0 Å². The first-order valence-corrected chi connectivity index (χ1v) is 8.64. The van der Waals surface area contributed by atoms with Crippen molar-refractivity contribution >= 4 is 43.0 Å². The number of nitrogens with two attached hydrogens (primary N) is 1. The lowest BCUT2D eigenvalue weighted by Gasteiger charge is -2.08. The van der Waals surface area contributed by atoms with Gasteiger partial charge in [0.1, 0.15) is 0 Å². The molecule has 0 fully saturated rings. The van der Waals surface area contributed by atoms with Crippen LogP contribution in [-0.2, 0) is 16.6 Å².